The molecule has 0 aliphatic heterocycles. The van der Waals surface area contributed by atoms with Crippen molar-refractivity contribution < 1.29 is 4.74 Å². The zero-order chi connectivity index (χ0) is 15.2. The van der Waals surface area contributed by atoms with Crippen LogP contribution in [-0.2, 0) is 0 Å². The molecule has 3 nitrogen and oxygen atoms in total. The van der Waals surface area contributed by atoms with Crippen LogP contribution in [0.25, 0.3) is 10.8 Å². The molecule has 1 atom stereocenters. The van der Waals surface area contributed by atoms with Crippen LogP contribution < -0.4 is 10.5 Å². The summed E-state index contributed by atoms with van der Waals surface area (Å²) in [5, 5.41) is 2.39. The lowest BCUT2D eigenvalue weighted by Gasteiger charge is -2.31. The fourth-order valence-corrected chi connectivity index (χ4v) is 3.06. The maximum absolute atomic E-state index is 6.10. The molecule has 0 spiro atoms. The summed E-state index contributed by atoms with van der Waals surface area (Å²) in [5.41, 5.74) is 7.40. The molecule has 2 aromatic rings. The monoisotopic (exact) mass is 286 g/mol. The zero-order valence-electron chi connectivity index (χ0n) is 13.3. The molecule has 2 rings (SSSR count). The van der Waals surface area contributed by atoms with Gasteiger partial charge in [0.15, 0.2) is 0 Å². The van der Waals surface area contributed by atoms with E-state index >= 15 is 0 Å². The summed E-state index contributed by atoms with van der Waals surface area (Å²) in [6.07, 6.45) is 1.14. The number of rotatable bonds is 7. The number of hydrogen-bond acceptors (Lipinski definition) is 3. The first-order chi connectivity index (χ1) is 10.3. The predicted molar refractivity (Wildman–Crippen MR) is 89.8 cm³/mol. The van der Waals surface area contributed by atoms with Gasteiger partial charge in [-0.05, 0) is 36.5 Å². The number of fused-ring (bicyclic) bond motifs is 1. The van der Waals surface area contributed by atoms with Crippen LogP contribution >= 0.6 is 0 Å². The molecule has 0 saturated carbocycles. The van der Waals surface area contributed by atoms with E-state index in [-0.39, 0.29) is 6.04 Å². The van der Waals surface area contributed by atoms with Gasteiger partial charge in [0.1, 0.15) is 5.75 Å². The van der Waals surface area contributed by atoms with Crippen molar-refractivity contribution in [2.45, 2.75) is 26.3 Å². The summed E-state index contributed by atoms with van der Waals surface area (Å²) in [6, 6.07) is 12.9. The fraction of sp³-hybridized carbons (Fsp3) is 0.444. The summed E-state index contributed by atoms with van der Waals surface area (Å²) in [6.45, 7) is 7.12. The van der Waals surface area contributed by atoms with Gasteiger partial charge >= 0.3 is 0 Å². The minimum atomic E-state index is 0.255. The van der Waals surface area contributed by atoms with Crippen molar-refractivity contribution in [3.05, 3.63) is 42.0 Å². The van der Waals surface area contributed by atoms with Crippen molar-refractivity contribution in [1.82, 2.24) is 4.90 Å². The quantitative estimate of drug-likeness (QED) is 0.845. The van der Waals surface area contributed by atoms with Crippen molar-refractivity contribution in [2.24, 2.45) is 5.73 Å². The lowest BCUT2D eigenvalue weighted by atomic mass is 9.96. The molecule has 0 amide bonds. The smallest absolute Gasteiger partial charge is 0.126 e. The van der Waals surface area contributed by atoms with Crippen LogP contribution in [0.2, 0.25) is 0 Å². The highest BCUT2D eigenvalue weighted by atomic mass is 16.5. The van der Waals surface area contributed by atoms with E-state index < -0.39 is 0 Å². The molecule has 0 aliphatic carbocycles. The molecular formula is C18H26N2O. The number of hydrogen-bond donors (Lipinski definition) is 1. The number of likely N-dealkylation sites (N-methyl/N-ethyl adjacent to an activating group) is 1. The Kier molecular flexibility index (Phi) is 5.59. The zero-order valence-corrected chi connectivity index (χ0v) is 13.3. The highest BCUT2D eigenvalue weighted by Crippen LogP contribution is 2.33. The molecule has 2 N–H and O–H groups in total. The Labute approximate surface area is 127 Å². The topological polar surface area (TPSA) is 38.5 Å². The van der Waals surface area contributed by atoms with Crippen LogP contribution in [-0.4, -0.2) is 31.6 Å². The van der Waals surface area contributed by atoms with Gasteiger partial charge in [-0.3, -0.25) is 4.90 Å². The van der Waals surface area contributed by atoms with Gasteiger partial charge in [-0.1, -0.05) is 44.2 Å². The molecule has 3 heteroatoms. The van der Waals surface area contributed by atoms with Crippen LogP contribution in [0.4, 0.5) is 0 Å². The third-order valence-corrected chi connectivity index (χ3v) is 4.08. The van der Waals surface area contributed by atoms with E-state index in [9.17, 15) is 0 Å². The number of ether oxygens (including phenoxy) is 1. The van der Waals surface area contributed by atoms with E-state index in [2.05, 4.69) is 55.1 Å². The van der Waals surface area contributed by atoms with Gasteiger partial charge < -0.3 is 10.5 Å². The minimum absolute atomic E-state index is 0.255. The Morgan fingerprint density at radius 1 is 1.10 bits per heavy atom. The molecular weight excluding hydrogens is 260 g/mol. The lowest BCUT2D eigenvalue weighted by Crippen LogP contribution is -2.34. The second-order valence-electron chi connectivity index (χ2n) is 5.28. The average molecular weight is 286 g/mol. The van der Waals surface area contributed by atoms with Crippen LogP contribution in [0.3, 0.4) is 0 Å². The van der Waals surface area contributed by atoms with E-state index in [0.29, 0.717) is 6.54 Å². The van der Waals surface area contributed by atoms with Crippen LogP contribution in [0.5, 0.6) is 5.75 Å². The van der Waals surface area contributed by atoms with E-state index in [1.54, 1.807) is 7.11 Å². The van der Waals surface area contributed by atoms with Crippen molar-refractivity contribution in [2.75, 3.05) is 26.7 Å². The molecule has 0 heterocycles. The largest absolute Gasteiger partial charge is 0.496 e. The van der Waals surface area contributed by atoms with Gasteiger partial charge in [0.25, 0.3) is 0 Å². The number of nitrogens with zero attached hydrogens (tertiary/aromatic N) is 1. The molecule has 0 aliphatic rings. The number of benzene rings is 2. The third kappa shape index (κ3) is 3.20. The van der Waals surface area contributed by atoms with E-state index in [1.165, 1.54) is 10.9 Å². The molecule has 0 radical (unpaired) electrons. The normalized spacial score (nSPS) is 12.8. The van der Waals surface area contributed by atoms with Gasteiger partial charge in [0, 0.05) is 18.0 Å². The Balaban J connectivity index is 2.54. The standard InChI is InChI=1S/C18H26N2O/c1-4-12-20(5-2)17(13-19)15-10-11-18(21-3)16-9-7-6-8-14(15)16/h6-11,17H,4-5,12-13,19H2,1-3H3. The summed E-state index contributed by atoms with van der Waals surface area (Å²) >= 11 is 0. The molecule has 1 unspecified atom stereocenters. The lowest BCUT2D eigenvalue weighted by molar-refractivity contribution is 0.214. The maximum Gasteiger partial charge on any atom is 0.126 e. The van der Waals surface area contributed by atoms with Gasteiger partial charge in [0.05, 0.1) is 7.11 Å². The van der Waals surface area contributed by atoms with E-state index in [4.69, 9.17) is 10.5 Å². The highest BCUT2D eigenvalue weighted by molar-refractivity contribution is 5.91. The summed E-state index contributed by atoms with van der Waals surface area (Å²) in [4.78, 5) is 2.45. The van der Waals surface area contributed by atoms with Crippen molar-refractivity contribution in [3.8, 4) is 5.75 Å². The molecule has 0 aromatic heterocycles. The molecule has 0 fully saturated rings. The first-order valence-electron chi connectivity index (χ1n) is 7.76. The van der Waals surface area contributed by atoms with Gasteiger partial charge in [-0.15, -0.1) is 0 Å². The van der Waals surface area contributed by atoms with Crippen LogP contribution in [0.15, 0.2) is 36.4 Å². The summed E-state index contributed by atoms with van der Waals surface area (Å²) in [5.74, 6) is 0.920. The second kappa shape index (κ2) is 7.43. The average Bonchev–Trinajstić information content (AvgIpc) is 2.54. The highest BCUT2D eigenvalue weighted by Gasteiger charge is 2.20. The number of methoxy groups -OCH3 is 1. The Morgan fingerprint density at radius 2 is 1.81 bits per heavy atom. The molecule has 114 valence electrons. The van der Waals surface area contributed by atoms with Gasteiger partial charge in [0.2, 0.25) is 0 Å². The Hall–Kier alpha value is -1.58. The summed E-state index contributed by atoms with van der Waals surface area (Å²) in [7, 11) is 1.72. The molecule has 0 bridgehead atoms. The van der Waals surface area contributed by atoms with E-state index in [0.717, 1.165) is 30.6 Å². The maximum atomic E-state index is 6.10. The van der Waals surface area contributed by atoms with Gasteiger partial charge in [-0.2, -0.15) is 0 Å². The molecule has 0 saturated heterocycles. The van der Waals surface area contributed by atoms with E-state index in [1.807, 2.05) is 0 Å². The van der Waals surface area contributed by atoms with Crippen molar-refractivity contribution in [3.63, 3.8) is 0 Å². The van der Waals surface area contributed by atoms with Crippen molar-refractivity contribution in [1.29, 1.82) is 0 Å². The summed E-state index contributed by atoms with van der Waals surface area (Å²) < 4.78 is 5.49. The predicted octanol–water partition coefficient (Wildman–Crippen LogP) is 3.58. The molecule has 21 heavy (non-hydrogen) atoms. The Morgan fingerprint density at radius 3 is 2.38 bits per heavy atom. The second-order valence-corrected chi connectivity index (χ2v) is 5.28. The first-order valence-corrected chi connectivity index (χ1v) is 7.76. The first kappa shape index (κ1) is 15.8. The molecule has 2 aromatic carbocycles. The van der Waals surface area contributed by atoms with Crippen LogP contribution in [0, 0.1) is 0 Å². The Bertz CT molecular complexity index is 582. The van der Waals surface area contributed by atoms with Crippen molar-refractivity contribution >= 4 is 10.8 Å². The minimum Gasteiger partial charge on any atom is -0.496 e. The third-order valence-electron chi connectivity index (χ3n) is 4.08. The fourth-order valence-electron chi connectivity index (χ4n) is 3.06. The number of nitrogens with two attached hydrogens (primary N) is 1. The van der Waals surface area contributed by atoms with Crippen LogP contribution in [0.1, 0.15) is 31.9 Å². The van der Waals surface area contributed by atoms with Gasteiger partial charge in [-0.25, -0.2) is 0 Å². The SMILES string of the molecule is CCCN(CC)C(CN)c1ccc(OC)c2ccccc12.